The van der Waals surface area contributed by atoms with Crippen LogP contribution in [0.1, 0.15) is 31.2 Å². The topological polar surface area (TPSA) is 81.2 Å². The van der Waals surface area contributed by atoms with Gasteiger partial charge in [0.2, 0.25) is 5.91 Å². The number of imidazole rings is 1. The molecular formula is C13H20N4O2. The number of carbonyl (C=O) groups is 1. The molecule has 6 heteroatoms. The Labute approximate surface area is 112 Å². The molecule has 1 unspecified atom stereocenters. The number of carbonyl (C=O) groups excluding carboxylic acids is 1. The SMILES string of the molecule is CC1(O)CCN(C(=O)C2Cc3nc[nH]c3CN2)CC1. The highest BCUT2D eigenvalue weighted by molar-refractivity contribution is 5.82. The van der Waals surface area contributed by atoms with Gasteiger partial charge in [-0.05, 0) is 19.8 Å². The lowest BCUT2D eigenvalue weighted by Crippen LogP contribution is -2.53. The van der Waals surface area contributed by atoms with Gasteiger partial charge in [0.15, 0.2) is 0 Å². The van der Waals surface area contributed by atoms with Crippen LogP contribution in [0, 0.1) is 0 Å². The van der Waals surface area contributed by atoms with Gasteiger partial charge in [0, 0.05) is 26.1 Å². The zero-order valence-electron chi connectivity index (χ0n) is 11.1. The van der Waals surface area contributed by atoms with Crippen LogP contribution in [0.2, 0.25) is 0 Å². The predicted octanol–water partition coefficient (Wildman–Crippen LogP) is -0.203. The number of rotatable bonds is 1. The monoisotopic (exact) mass is 264 g/mol. The van der Waals surface area contributed by atoms with Crippen molar-refractivity contribution in [2.75, 3.05) is 13.1 Å². The lowest BCUT2D eigenvalue weighted by Gasteiger charge is -2.38. The Morgan fingerprint density at radius 1 is 1.53 bits per heavy atom. The highest BCUT2D eigenvalue weighted by atomic mass is 16.3. The number of fused-ring (bicyclic) bond motifs is 1. The fourth-order valence-corrected chi connectivity index (χ4v) is 2.77. The summed E-state index contributed by atoms with van der Waals surface area (Å²) in [4.78, 5) is 21.6. The van der Waals surface area contributed by atoms with Crippen LogP contribution in [0.4, 0.5) is 0 Å². The number of aromatic nitrogens is 2. The maximum absolute atomic E-state index is 12.4. The van der Waals surface area contributed by atoms with E-state index in [9.17, 15) is 9.90 Å². The molecule has 1 amide bonds. The molecule has 1 fully saturated rings. The molecule has 0 spiro atoms. The maximum Gasteiger partial charge on any atom is 0.240 e. The van der Waals surface area contributed by atoms with Crippen LogP contribution in [0.5, 0.6) is 0 Å². The third kappa shape index (κ3) is 2.50. The summed E-state index contributed by atoms with van der Waals surface area (Å²) >= 11 is 0. The highest BCUT2D eigenvalue weighted by Crippen LogP contribution is 2.22. The van der Waals surface area contributed by atoms with Gasteiger partial charge in [0.1, 0.15) is 0 Å². The number of amides is 1. The summed E-state index contributed by atoms with van der Waals surface area (Å²) in [6.45, 7) is 3.77. The fourth-order valence-electron chi connectivity index (χ4n) is 2.77. The van der Waals surface area contributed by atoms with E-state index < -0.39 is 5.60 Å². The van der Waals surface area contributed by atoms with E-state index in [4.69, 9.17) is 0 Å². The number of hydrogen-bond donors (Lipinski definition) is 3. The quantitative estimate of drug-likeness (QED) is 0.656. The summed E-state index contributed by atoms with van der Waals surface area (Å²) in [7, 11) is 0. The Kier molecular flexibility index (Phi) is 3.06. The average Bonchev–Trinajstić information content (AvgIpc) is 2.85. The molecule has 3 heterocycles. The first-order chi connectivity index (χ1) is 9.05. The standard InChI is InChI=1S/C13H20N4O2/c1-13(19)2-4-17(5-3-13)12(18)10-6-9-11(7-14-10)16-8-15-9/h8,10,14,19H,2-7H2,1H3,(H,15,16). The average molecular weight is 264 g/mol. The molecule has 2 aliphatic rings. The molecule has 0 radical (unpaired) electrons. The summed E-state index contributed by atoms with van der Waals surface area (Å²) in [6.07, 6.45) is 3.63. The molecule has 1 saturated heterocycles. The molecular weight excluding hydrogens is 244 g/mol. The van der Waals surface area contributed by atoms with E-state index in [0.29, 0.717) is 38.9 Å². The van der Waals surface area contributed by atoms with Crippen LogP contribution in [0.15, 0.2) is 6.33 Å². The first kappa shape index (κ1) is 12.6. The van der Waals surface area contributed by atoms with E-state index in [2.05, 4.69) is 15.3 Å². The van der Waals surface area contributed by atoms with Crippen molar-refractivity contribution < 1.29 is 9.90 Å². The second-order valence-corrected chi connectivity index (χ2v) is 5.79. The molecule has 2 aliphatic heterocycles. The molecule has 104 valence electrons. The van der Waals surface area contributed by atoms with Crippen LogP contribution in [0.25, 0.3) is 0 Å². The summed E-state index contributed by atoms with van der Waals surface area (Å²) in [6, 6.07) is -0.182. The van der Waals surface area contributed by atoms with Crippen molar-refractivity contribution in [2.45, 2.75) is 44.4 Å². The lowest BCUT2D eigenvalue weighted by molar-refractivity contribution is -0.137. The lowest BCUT2D eigenvalue weighted by atomic mass is 9.93. The van der Waals surface area contributed by atoms with Crippen LogP contribution in [-0.4, -0.2) is 50.6 Å². The Balaban J connectivity index is 1.63. The first-order valence-electron chi connectivity index (χ1n) is 6.81. The van der Waals surface area contributed by atoms with Crippen molar-refractivity contribution in [1.29, 1.82) is 0 Å². The zero-order chi connectivity index (χ0) is 13.5. The minimum Gasteiger partial charge on any atom is -0.390 e. The van der Waals surface area contributed by atoms with Crippen LogP contribution < -0.4 is 5.32 Å². The summed E-state index contributed by atoms with van der Waals surface area (Å²) < 4.78 is 0. The second-order valence-electron chi connectivity index (χ2n) is 5.79. The van der Waals surface area contributed by atoms with Gasteiger partial charge in [-0.3, -0.25) is 10.1 Å². The molecule has 1 atom stereocenters. The van der Waals surface area contributed by atoms with Gasteiger partial charge in [-0.15, -0.1) is 0 Å². The van der Waals surface area contributed by atoms with Gasteiger partial charge in [-0.2, -0.15) is 0 Å². The van der Waals surface area contributed by atoms with Crippen molar-refractivity contribution in [1.82, 2.24) is 20.2 Å². The number of nitrogens with zero attached hydrogens (tertiary/aromatic N) is 2. The van der Waals surface area contributed by atoms with Gasteiger partial charge in [0.25, 0.3) is 0 Å². The van der Waals surface area contributed by atoms with E-state index >= 15 is 0 Å². The van der Waals surface area contributed by atoms with E-state index in [1.54, 1.807) is 6.33 Å². The summed E-state index contributed by atoms with van der Waals surface area (Å²) in [5, 5.41) is 13.2. The van der Waals surface area contributed by atoms with Crippen molar-refractivity contribution in [3.8, 4) is 0 Å². The van der Waals surface area contributed by atoms with E-state index in [1.165, 1.54) is 0 Å². The number of aromatic amines is 1. The van der Waals surface area contributed by atoms with E-state index in [0.717, 1.165) is 11.4 Å². The molecule has 19 heavy (non-hydrogen) atoms. The molecule has 3 rings (SSSR count). The first-order valence-corrected chi connectivity index (χ1v) is 6.81. The second kappa shape index (κ2) is 4.61. The highest BCUT2D eigenvalue weighted by Gasteiger charge is 2.34. The number of piperidine rings is 1. The molecule has 0 saturated carbocycles. The molecule has 6 nitrogen and oxygen atoms in total. The fraction of sp³-hybridized carbons (Fsp3) is 0.692. The Bertz CT molecular complexity index is 473. The van der Waals surface area contributed by atoms with Gasteiger partial charge in [0.05, 0.1) is 29.4 Å². The number of nitrogens with one attached hydrogen (secondary N) is 2. The smallest absolute Gasteiger partial charge is 0.240 e. The van der Waals surface area contributed by atoms with Crippen LogP contribution >= 0.6 is 0 Å². The van der Waals surface area contributed by atoms with Gasteiger partial charge in [-0.1, -0.05) is 0 Å². The molecule has 0 aromatic carbocycles. The normalized spacial score (nSPS) is 26.0. The Morgan fingerprint density at radius 2 is 2.26 bits per heavy atom. The van der Waals surface area contributed by atoms with E-state index in [-0.39, 0.29) is 11.9 Å². The molecule has 0 bridgehead atoms. The summed E-state index contributed by atoms with van der Waals surface area (Å²) in [5.74, 6) is 0.129. The van der Waals surface area contributed by atoms with Crippen molar-refractivity contribution >= 4 is 5.91 Å². The molecule has 1 aromatic heterocycles. The van der Waals surface area contributed by atoms with Crippen molar-refractivity contribution in [3.05, 3.63) is 17.7 Å². The Morgan fingerprint density at radius 3 is 3.00 bits per heavy atom. The Hall–Kier alpha value is -1.40. The number of likely N-dealkylation sites (tertiary alicyclic amines) is 1. The molecule has 3 N–H and O–H groups in total. The van der Waals surface area contributed by atoms with Gasteiger partial charge >= 0.3 is 0 Å². The summed E-state index contributed by atoms with van der Waals surface area (Å²) in [5.41, 5.74) is 1.44. The van der Waals surface area contributed by atoms with Crippen molar-refractivity contribution in [2.24, 2.45) is 0 Å². The van der Waals surface area contributed by atoms with Gasteiger partial charge in [-0.25, -0.2) is 4.98 Å². The molecule has 1 aromatic rings. The third-order valence-electron chi connectivity index (χ3n) is 4.18. The minimum absolute atomic E-state index is 0.129. The molecule has 0 aliphatic carbocycles. The third-order valence-corrected chi connectivity index (χ3v) is 4.18. The zero-order valence-corrected chi connectivity index (χ0v) is 11.1. The van der Waals surface area contributed by atoms with Crippen LogP contribution in [-0.2, 0) is 17.8 Å². The van der Waals surface area contributed by atoms with Crippen molar-refractivity contribution in [3.63, 3.8) is 0 Å². The largest absolute Gasteiger partial charge is 0.390 e. The number of H-pyrrole nitrogens is 1. The number of hydrogen-bond acceptors (Lipinski definition) is 4. The number of aliphatic hydroxyl groups is 1. The van der Waals surface area contributed by atoms with Gasteiger partial charge < -0.3 is 15.0 Å². The van der Waals surface area contributed by atoms with Crippen LogP contribution in [0.3, 0.4) is 0 Å². The maximum atomic E-state index is 12.4. The predicted molar refractivity (Wildman–Crippen MR) is 69.4 cm³/mol. The minimum atomic E-state index is -0.619. The van der Waals surface area contributed by atoms with E-state index in [1.807, 2.05) is 11.8 Å².